The van der Waals surface area contributed by atoms with Gasteiger partial charge < -0.3 is 19.9 Å². The molecule has 132 valence electrons. The van der Waals surface area contributed by atoms with E-state index in [2.05, 4.69) is 10.1 Å². The molecule has 8 heteroatoms. The van der Waals surface area contributed by atoms with Crippen LogP contribution in [0.2, 0.25) is 0 Å². The van der Waals surface area contributed by atoms with Gasteiger partial charge in [-0.3, -0.25) is 9.59 Å². The molecule has 2 amide bonds. The number of rotatable bonds is 5. The maximum atomic E-state index is 12.5. The van der Waals surface area contributed by atoms with Crippen LogP contribution in [0.4, 0.5) is 0 Å². The number of amides is 2. The average molecular weight is 336 g/mol. The van der Waals surface area contributed by atoms with Crippen LogP contribution >= 0.6 is 0 Å². The fraction of sp³-hybridized carbons (Fsp3) is 0.750. The summed E-state index contributed by atoms with van der Waals surface area (Å²) in [4.78, 5) is 30.0. The number of aromatic nitrogens is 2. The maximum absolute atomic E-state index is 12.5. The standard InChI is InChI=1S/C16H24N4O4/c1-10-14(15(17)22)20(8-9-23-10)13(21)7-6-12-18-16(19-24-12)11-4-2-3-5-11/h10-11,14H,2-9H2,1H3,(H2,17,22)/t10-,14+/m1/s1. The Bertz CT molecular complexity index is 597. The van der Waals surface area contributed by atoms with Crippen molar-refractivity contribution in [3.8, 4) is 0 Å². The van der Waals surface area contributed by atoms with Crippen molar-refractivity contribution in [3.05, 3.63) is 11.7 Å². The Morgan fingerprint density at radius 2 is 2.08 bits per heavy atom. The van der Waals surface area contributed by atoms with E-state index in [0.29, 0.717) is 31.4 Å². The molecule has 0 aromatic carbocycles. The van der Waals surface area contributed by atoms with Crippen LogP contribution in [-0.4, -0.2) is 52.2 Å². The van der Waals surface area contributed by atoms with E-state index in [1.54, 1.807) is 6.92 Å². The van der Waals surface area contributed by atoms with Gasteiger partial charge in [-0.1, -0.05) is 18.0 Å². The van der Waals surface area contributed by atoms with E-state index in [0.717, 1.165) is 18.7 Å². The van der Waals surface area contributed by atoms with Gasteiger partial charge in [0.05, 0.1) is 12.7 Å². The molecule has 2 aliphatic rings. The number of ether oxygens (including phenoxy) is 1. The van der Waals surface area contributed by atoms with Gasteiger partial charge in [-0.2, -0.15) is 4.98 Å². The molecular formula is C16H24N4O4. The molecule has 0 spiro atoms. The normalized spacial score (nSPS) is 25.1. The van der Waals surface area contributed by atoms with Crippen LogP contribution < -0.4 is 5.73 Å². The number of primary amides is 1. The summed E-state index contributed by atoms with van der Waals surface area (Å²) in [6.45, 7) is 2.53. The van der Waals surface area contributed by atoms with Crippen LogP contribution in [0.3, 0.4) is 0 Å². The number of nitrogens with zero attached hydrogens (tertiary/aromatic N) is 3. The molecular weight excluding hydrogens is 312 g/mol. The van der Waals surface area contributed by atoms with E-state index in [9.17, 15) is 9.59 Å². The zero-order valence-corrected chi connectivity index (χ0v) is 13.9. The van der Waals surface area contributed by atoms with Crippen molar-refractivity contribution in [2.24, 2.45) is 5.73 Å². The predicted molar refractivity (Wildman–Crippen MR) is 83.9 cm³/mol. The summed E-state index contributed by atoms with van der Waals surface area (Å²) in [7, 11) is 0. The molecule has 24 heavy (non-hydrogen) atoms. The molecule has 1 saturated carbocycles. The third kappa shape index (κ3) is 3.58. The summed E-state index contributed by atoms with van der Waals surface area (Å²) >= 11 is 0. The number of nitrogens with two attached hydrogens (primary N) is 1. The molecule has 8 nitrogen and oxygen atoms in total. The molecule has 1 aliphatic carbocycles. The van der Waals surface area contributed by atoms with Gasteiger partial charge in [0.1, 0.15) is 6.04 Å². The Balaban J connectivity index is 1.57. The van der Waals surface area contributed by atoms with Gasteiger partial charge in [0.2, 0.25) is 17.7 Å². The largest absolute Gasteiger partial charge is 0.374 e. The number of hydrogen-bond acceptors (Lipinski definition) is 6. The maximum Gasteiger partial charge on any atom is 0.242 e. The molecule has 2 fully saturated rings. The van der Waals surface area contributed by atoms with Gasteiger partial charge >= 0.3 is 0 Å². The van der Waals surface area contributed by atoms with E-state index >= 15 is 0 Å². The van der Waals surface area contributed by atoms with Crippen molar-refractivity contribution in [3.63, 3.8) is 0 Å². The van der Waals surface area contributed by atoms with Crippen LogP contribution in [0.1, 0.15) is 56.7 Å². The fourth-order valence-corrected chi connectivity index (χ4v) is 3.56. The third-order valence-corrected chi connectivity index (χ3v) is 4.86. The molecule has 2 heterocycles. The van der Waals surface area contributed by atoms with E-state index in [1.165, 1.54) is 17.7 Å². The molecule has 0 unspecified atom stereocenters. The van der Waals surface area contributed by atoms with E-state index < -0.39 is 18.1 Å². The zero-order valence-electron chi connectivity index (χ0n) is 13.9. The van der Waals surface area contributed by atoms with Crippen molar-refractivity contribution in [2.75, 3.05) is 13.2 Å². The lowest BCUT2D eigenvalue weighted by Gasteiger charge is -2.37. The second-order valence-electron chi connectivity index (χ2n) is 6.54. The summed E-state index contributed by atoms with van der Waals surface area (Å²) in [6, 6.07) is -0.719. The van der Waals surface area contributed by atoms with Crippen molar-refractivity contribution in [2.45, 2.75) is 63.5 Å². The minimum Gasteiger partial charge on any atom is -0.374 e. The molecule has 3 rings (SSSR count). The highest BCUT2D eigenvalue weighted by atomic mass is 16.5. The second kappa shape index (κ2) is 7.29. The molecule has 1 saturated heterocycles. The van der Waals surface area contributed by atoms with Crippen LogP contribution in [0.25, 0.3) is 0 Å². The summed E-state index contributed by atoms with van der Waals surface area (Å²) in [5, 5.41) is 4.04. The summed E-state index contributed by atoms with van der Waals surface area (Å²) < 4.78 is 10.7. The minimum absolute atomic E-state index is 0.144. The molecule has 2 N–H and O–H groups in total. The molecule has 2 atom stereocenters. The van der Waals surface area contributed by atoms with Gasteiger partial charge in [0, 0.05) is 25.3 Å². The number of carbonyl (C=O) groups is 2. The Hall–Kier alpha value is -1.96. The van der Waals surface area contributed by atoms with Crippen LogP contribution in [0.5, 0.6) is 0 Å². The quantitative estimate of drug-likeness (QED) is 0.849. The van der Waals surface area contributed by atoms with Crippen molar-refractivity contribution >= 4 is 11.8 Å². The van der Waals surface area contributed by atoms with Crippen LogP contribution in [0, 0.1) is 0 Å². The summed E-state index contributed by atoms with van der Waals surface area (Å²) in [5.41, 5.74) is 5.41. The van der Waals surface area contributed by atoms with Gasteiger partial charge in [0.25, 0.3) is 0 Å². The minimum atomic E-state index is -0.719. The van der Waals surface area contributed by atoms with Gasteiger partial charge in [0.15, 0.2) is 5.82 Å². The third-order valence-electron chi connectivity index (χ3n) is 4.86. The second-order valence-corrected chi connectivity index (χ2v) is 6.54. The highest BCUT2D eigenvalue weighted by Gasteiger charge is 2.36. The van der Waals surface area contributed by atoms with Crippen molar-refractivity contribution < 1.29 is 18.8 Å². The van der Waals surface area contributed by atoms with Crippen LogP contribution in [-0.2, 0) is 20.7 Å². The van der Waals surface area contributed by atoms with E-state index in [4.69, 9.17) is 15.0 Å². The number of morpholine rings is 1. The van der Waals surface area contributed by atoms with Crippen molar-refractivity contribution in [1.29, 1.82) is 0 Å². The Morgan fingerprint density at radius 1 is 1.33 bits per heavy atom. The van der Waals surface area contributed by atoms with Gasteiger partial charge in [-0.05, 0) is 19.8 Å². The number of hydrogen-bond donors (Lipinski definition) is 1. The van der Waals surface area contributed by atoms with Crippen LogP contribution in [0.15, 0.2) is 4.52 Å². The topological polar surface area (TPSA) is 112 Å². The lowest BCUT2D eigenvalue weighted by molar-refractivity contribution is -0.153. The first-order valence-electron chi connectivity index (χ1n) is 8.59. The lowest BCUT2D eigenvalue weighted by Crippen LogP contribution is -2.58. The lowest BCUT2D eigenvalue weighted by atomic mass is 10.1. The Labute approximate surface area is 140 Å². The number of carbonyl (C=O) groups excluding carboxylic acids is 2. The molecule has 1 aliphatic heterocycles. The highest BCUT2D eigenvalue weighted by molar-refractivity contribution is 5.87. The van der Waals surface area contributed by atoms with Gasteiger partial charge in [-0.15, -0.1) is 0 Å². The monoisotopic (exact) mass is 336 g/mol. The van der Waals surface area contributed by atoms with Crippen molar-refractivity contribution in [1.82, 2.24) is 15.0 Å². The van der Waals surface area contributed by atoms with E-state index in [1.807, 2.05) is 0 Å². The Kier molecular flexibility index (Phi) is 5.13. The SMILES string of the molecule is C[C@H]1OCCN(C(=O)CCc2nc(C3CCCC3)no2)[C@@H]1C(N)=O. The molecule has 0 bridgehead atoms. The fourth-order valence-electron chi connectivity index (χ4n) is 3.56. The molecule has 1 aromatic rings. The predicted octanol–water partition coefficient (Wildman–Crippen LogP) is 0.761. The first-order valence-corrected chi connectivity index (χ1v) is 8.59. The summed E-state index contributed by atoms with van der Waals surface area (Å²) in [5.74, 6) is 0.927. The highest BCUT2D eigenvalue weighted by Crippen LogP contribution is 2.32. The molecule has 1 aromatic heterocycles. The number of aryl methyl sites for hydroxylation is 1. The smallest absolute Gasteiger partial charge is 0.242 e. The summed E-state index contributed by atoms with van der Waals surface area (Å²) in [6.07, 6.45) is 4.80. The van der Waals surface area contributed by atoms with Gasteiger partial charge in [-0.25, -0.2) is 0 Å². The molecule has 0 radical (unpaired) electrons. The average Bonchev–Trinajstić information content (AvgIpc) is 3.23. The first-order chi connectivity index (χ1) is 11.6. The zero-order chi connectivity index (χ0) is 17.1. The van der Waals surface area contributed by atoms with E-state index in [-0.39, 0.29) is 12.3 Å². The first kappa shape index (κ1) is 16.9. The Morgan fingerprint density at radius 3 is 2.79 bits per heavy atom.